The molecule has 1 N–H and O–H groups in total. The minimum atomic E-state index is 0.0328. The van der Waals surface area contributed by atoms with Gasteiger partial charge in [0.1, 0.15) is 0 Å². The number of nitrogens with one attached hydrogen (secondary N) is 1. The minimum absolute atomic E-state index is 0.0328. The third-order valence-corrected chi connectivity index (χ3v) is 2.53. The van der Waals surface area contributed by atoms with E-state index in [0.29, 0.717) is 12.1 Å². The summed E-state index contributed by atoms with van der Waals surface area (Å²) in [6, 6.07) is 19.2. The molecular weight excluding hydrogens is 222 g/mol. The molecule has 0 saturated heterocycles. The number of ketones is 1. The van der Waals surface area contributed by atoms with Crippen LogP contribution in [0.3, 0.4) is 0 Å². The van der Waals surface area contributed by atoms with Gasteiger partial charge in [0.25, 0.3) is 0 Å². The van der Waals surface area contributed by atoms with Gasteiger partial charge in [0.15, 0.2) is 5.78 Å². The molecule has 2 aromatic rings. The van der Waals surface area contributed by atoms with Crippen LogP contribution >= 0.6 is 0 Å². The van der Waals surface area contributed by atoms with E-state index < -0.39 is 0 Å². The molecule has 18 heavy (non-hydrogen) atoms. The fraction of sp³-hybridized carbons (Fsp3) is 0.0625. The monoisotopic (exact) mass is 237 g/mol. The third kappa shape index (κ3) is 3.59. The van der Waals surface area contributed by atoms with Gasteiger partial charge < -0.3 is 5.32 Å². The Morgan fingerprint density at radius 3 is 2.22 bits per heavy atom. The number of para-hydroxylation sites is 1. The first-order valence-electron chi connectivity index (χ1n) is 5.91. The van der Waals surface area contributed by atoms with Crippen LogP contribution in [0, 0.1) is 0 Å². The number of carbonyl (C=O) groups is 1. The summed E-state index contributed by atoms with van der Waals surface area (Å²) >= 11 is 0. The number of allylic oxidation sites excluding steroid dienone is 1. The molecule has 0 fully saturated rings. The average Bonchev–Trinajstić information content (AvgIpc) is 2.45. The van der Waals surface area contributed by atoms with Crippen molar-refractivity contribution < 1.29 is 4.79 Å². The van der Waals surface area contributed by atoms with Gasteiger partial charge in [-0.05, 0) is 18.2 Å². The third-order valence-electron chi connectivity index (χ3n) is 2.53. The SMILES string of the molecule is O=C(/C=C/CNc1ccccc1)c1ccccc1. The Morgan fingerprint density at radius 1 is 0.944 bits per heavy atom. The molecule has 0 heterocycles. The lowest BCUT2D eigenvalue weighted by atomic mass is 10.1. The Balaban J connectivity index is 1.84. The first-order chi connectivity index (χ1) is 8.86. The van der Waals surface area contributed by atoms with Crippen molar-refractivity contribution in [2.24, 2.45) is 0 Å². The molecule has 0 amide bonds. The zero-order valence-electron chi connectivity index (χ0n) is 10.0. The lowest BCUT2D eigenvalue weighted by Crippen LogP contribution is -1.99. The lowest BCUT2D eigenvalue weighted by molar-refractivity contribution is 0.104. The van der Waals surface area contributed by atoms with Crippen LogP contribution in [0.15, 0.2) is 72.8 Å². The van der Waals surface area contributed by atoms with Crippen molar-refractivity contribution in [3.05, 3.63) is 78.4 Å². The van der Waals surface area contributed by atoms with E-state index in [2.05, 4.69) is 5.32 Å². The van der Waals surface area contributed by atoms with Crippen LogP contribution in [0.25, 0.3) is 0 Å². The Hall–Kier alpha value is -2.35. The van der Waals surface area contributed by atoms with Crippen LogP contribution in [0.5, 0.6) is 0 Å². The van der Waals surface area contributed by atoms with Gasteiger partial charge in [-0.1, -0.05) is 54.6 Å². The largest absolute Gasteiger partial charge is 0.382 e. The molecule has 2 aromatic carbocycles. The van der Waals surface area contributed by atoms with Gasteiger partial charge >= 0.3 is 0 Å². The standard InChI is InChI=1S/C16H15NO/c18-16(14-8-3-1-4-9-14)12-7-13-17-15-10-5-2-6-11-15/h1-12,17H,13H2/b12-7+. The summed E-state index contributed by atoms with van der Waals surface area (Å²) in [5.74, 6) is 0.0328. The number of hydrogen-bond donors (Lipinski definition) is 1. The van der Waals surface area contributed by atoms with Crippen LogP contribution in [0.4, 0.5) is 5.69 Å². The maximum atomic E-state index is 11.7. The van der Waals surface area contributed by atoms with Crippen molar-refractivity contribution in [1.82, 2.24) is 0 Å². The van der Waals surface area contributed by atoms with E-state index in [1.165, 1.54) is 0 Å². The number of rotatable bonds is 5. The fourth-order valence-electron chi connectivity index (χ4n) is 1.60. The van der Waals surface area contributed by atoms with E-state index in [-0.39, 0.29) is 5.78 Å². The van der Waals surface area contributed by atoms with Crippen molar-refractivity contribution in [1.29, 1.82) is 0 Å². The Morgan fingerprint density at radius 2 is 1.56 bits per heavy atom. The average molecular weight is 237 g/mol. The second-order valence-corrected chi connectivity index (χ2v) is 3.88. The van der Waals surface area contributed by atoms with E-state index in [1.54, 1.807) is 6.08 Å². The fourth-order valence-corrected chi connectivity index (χ4v) is 1.60. The van der Waals surface area contributed by atoms with Gasteiger partial charge in [0.2, 0.25) is 0 Å². The molecule has 2 nitrogen and oxygen atoms in total. The van der Waals surface area contributed by atoms with Crippen LogP contribution in [0.2, 0.25) is 0 Å². The Labute approximate surface area is 107 Å². The summed E-state index contributed by atoms with van der Waals surface area (Å²) in [7, 11) is 0. The summed E-state index contributed by atoms with van der Waals surface area (Å²) in [6.07, 6.45) is 3.44. The highest BCUT2D eigenvalue weighted by atomic mass is 16.1. The van der Waals surface area contributed by atoms with Gasteiger partial charge in [0, 0.05) is 17.8 Å². The maximum Gasteiger partial charge on any atom is 0.185 e. The molecule has 2 rings (SSSR count). The van der Waals surface area contributed by atoms with Crippen molar-refractivity contribution in [2.75, 3.05) is 11.9 Å². The van der Waals surface area contributed by atoms with Crippen LogP contribution < -0.4 is 5.32 Å². The predicted molar refractivity (Wildman–Crippen MR) is 74.8 cm³/mol. The highest BCUT2D eigenvalue weighted by Crippen LogP contribution is 2.04. The van der Waals surface area contributed by atoms with E-state index >= 15 is 0 Å². The molecule has 0 radical (unpaired) electrons. The van der Waals surface area contributed by atoms with E-state index in [1.807, 2.05) is 66.7 Å². The molecule has 0 aliphatic heterocycles. The summed E-state index contributed by atoms with van der Waals surface area (Å²) in [4.78, 5) is 11.7. The van der Waals surface area contributed by atoms with Crippen molar-refractivity contribution in [3.8, 4) is 0 Å². The van der Waals surface area contributed by atoms with Gasteiger partial charge in [-0.25, -0.2) is 0 Å². The first-order valence-corrected chi connectivity index (χ1v) is 5.91. The molecule has 0 atom stereocenters. The van der Waals surface area contributed by atoms with Crippen LogP contribution in [-0.2, 0) is 0 Å². The van der Waals surface area contributed by atoms with Gasteiger partial charge in [-0.2, -0.15) is 0 Å². The lowest BCUT2D eigenvalue weighted by Gasteiger charge is -2.01. The maximum absolute atomic E-state index is 11.7. The molecule has 90 valence electrons. The quantitative estimate of drug-likeness (QED) is 0.636. The smallest absolute Gasteiger partial charge is 0.185 e. The van der Waals surface area contributed by atoms with Crippen molar-refractivity contribution in [3.63, 3.8) is 0 Å². The topological polar surface area (TPSA) is 29.1 Å². The molecule has 0 saturated carbocycles. The van der Waals surface area contributed by atoms with E-state index in [9.17, 15) is 4.79 Å². The number of anilines is 1. The number of hydrogen-bond acceptors (Lipinski definition) is 2. The second kappa shape index (κ2) is 6.40. The number of benzene rings is 2. The van der Waals surface area contributed by atoms with Gasteiger partial charge in [0.05, 0.1) is 0 Å². The van der Waals surface area contributed by atoms with E-state index in [0.717, 1.165) is 5.69 Å². The summed E-state index contributed by atoms with van der Waals surface area (Å²) in [5.41, 5.74) is 1.77. The summed E-state index contributed by atoms with van der Waals surface area (Å²) < 4.78 is 0. The summed E-state index contributed by atoms with van der Waals surface area (Å²) in [5, 5.41) is 3.21. The molecule has 0 spiro atoms. The van der Waals surface area contributed by atoms with E-state index in [4.69, 9.17) is 0 Å². The van der Waals surface area contributed by atoms with Crippen molar-refractivity contribution in [2.45, 2.75) is 0 Å². The molecule has 0 unspecified atom stereocenters. The highest BCUT2D eigenvalue weighted by Gasteiger charge is 1.98. The summed E-state index contributed by atoms with van der Waals surface area (Å²) in [6.45, 7) is 0.641. The highest BCUT2D eigenvalue weighted by molar-refractivity contribution is 6.04. The van der Waals surface area contributed by atoms with Crippen molar-refractivity contribution >= 4 is 11.5 Å². The Kier molecular flexibility index (Phi) is 4.31. The van der Waals surface area contributed by atoms with Gasteiger partial charge in [-0.3, -0.25) is 4.79 Å². The molecular formula is C16H15NO. The van der Waals surface area contributed by atoms with Crippen LogP contribution in [0.1, 0.15) is 10.4 Å². The minimum Gasteiger partial charge on any atom is -0.382 e. The molecule has 0 aromatic heterocycles. The molecule has 2 heteroatoms. The molecule has 0 bridgehead atoms. The number of carbonyl (C=O) groups excluding carboxylic acids is 1. The van der Waals surface area contributed by atoms with Crippen LogP contribution in [-0.4, -0.2) is 12.3 Å². The second-order valence-electron chi connectivity index (χ2n) is 3.88. The first kappa shape index (κ1) is 12.1. The zero-order chi connectivity index (χ0) is 12.6. The molecule has 0 aliphatic rings. The molecule has 0 aliphatic carbocycles. The van der Waals surface area contributed by atoms with Gasteiger partial charge in [-0.15, -0.1) is 0 Å². The zero-order valence-corrected chi connectivity index (χ0v) is 10.0. The normalized spacial score (nSPS) is 10.4. The Bertz CT molecular complexity index is 517. The predicted octanol–water partition coefficient (Wildman–Crippen LogP) is 3.54.